The van der Waals surface area contributed by atoms with E-state index in [0.29, 0.717) is 19.6 Å². The quantitative estimate of drug-likeness (QED) is 0.837. The van der Waals surface area contributed by atoms with Crippen molar-refractivity contribution in [3.8, 4) is 0 Å². The van der Waals surface area contributed by atoms with Crippen molar-refractivity contribution < 1.29 is 9.59 Å². The van der Waals surface area contributed by atoms with Crippen LogP contribution in [0, 0.1) is 6.92 Å². The van der Waals surface area contributed by atoms with Crippen molar-refractivity contribution in [2.75, 3.05) is 32.7 Å². The number of hydrogen-bond acceptors (Lipinski definition) is 3. The lowest BCUT2D eigenvalue weighted by Gasteiger charge is -2.33. The highest BCUT2D eigenvalue weighted by Crippen LogP contribution is 2.04. The molecule has 0 radical (unpaired) electrons. The van der Waals surface area contributed by atoms with E-state index in [1.807, 2.05) is 31.2 Å². The number of benzene rings is 1. The van der Waals surface area contributed by atoms with Gasteiger partial charge in [0.05, 0.1) is 0 Å². The van der Waals surface area contributed by atoms with Crippen molar-refractivity contribution in [2.24, 2.45) is 0 Å². The number of rotatable bonds is 3. The Morgan fingerprint density at radius 2 is 1.90 bits per heavy atom. The number of piperazine rings is 1. The highest BCUT2D eigenvalue weighted by Gasteiger charge is 2.25. The van der Waals surface area contributed by atoms with Crippen LogP contribution in [0.25, 0.3) is 0 Å². The van der Waals surface area contributed by atoms with Gasteiger partial charge < -0.3 is 15.1 Å². The molecule has 0 aromatic heterocycles. The summed E-state index contributed by atoms with van der Waals surface area (Å²) in [6.45, 7) is 8.42. The van der Waals surface area contributed by atoms with Crippen molar-refractivity contribution in [2.45, 2.75) is 20.4 Å². The Hall–Kier alpha value is -1.88. The molecule has 5 nitrogen and oxygen atoms in total. The monoisotopic (exact) mass is 289 g/mol. The summed E-state index contributed by atoms with van der Waals surface area (Å²) in [6.07, 6.45) is 0. The van der Waals surface area contributed by atoms with E-state index in [0.717, 1.165) is 30.8 Å². The van der Waals surface area contributed by atoms with Gasteiger partial charge in [0.1, 0.15) is 0 Å². The molecule has 1 fully saturated rings. The van der Waals surface area contributed by atoms with Crippen molar-refractivity contribution >= 4 is 11.8 Å². The molecule has 21 heavy (non-hydrogen) atoms. The molecular weight excluding hydrogens is 266 g/mol. The second-order valence-electron chi connectivity index (χ2n) is 5.40. The first-order chi connectivity index (χ1) is 10.1. The molecule has 0 unspecified atom stereocenters. The van der Waals surface area contributed by atoms with Gasteiger partial charge in [0.15, 0.2) is 0 Å². The van der Waals surface area contributed by atoms with E-state index in [1.165, 1.54) is 0 Å². The molecule has 0 bridgehead atoms. The summed E-state index contributed by atoms with van der Waals surface area (Å²) in [5.74, 6) is -0.931. The first-order valence-corrected chi connectivity index (χ1v) is 7.45. The lowest BCUT2D eigenvalue weighted by molar-refractivity contribution is -0.147. The molecule has 1 N–H and O–H groups in total. The van der Waals surface area contributed by atoms with Gasteiger partial charge in [-0.15, -0.1) is 0 Å². The topological polar surface area (TPSA) is 52.7 Å². The Kier molecular flexibility index (Phi) is 5.33. The molecular formula is C16H23N3O2. The number of amides is 2. The van der Waals surface area contributed by atoms with Gasteiger partial charge in [0.25, 0.3) is 0 Å². The summed E-state index contributed by atoms with van der Waals surface area (Å²) < 4.78 is 0. The molecule has 0 atom stereocenters. The SMILES string of the molecule is CCN1CCN(C(=O)C(=O)NCc2cccc(C)c2)CC1. The average Bonchev–Trinajstić information content (AvgIpc) is 2.52. The first-order valence-electron chi connectivity index (χ1n) is 7.45. The summed E-state index contributed by atoms with van der Waals surface area (Å²) in [7, 11) is 0. The molecule has 1 aliphatic rings. The number of nitrogens with one attached hydrogen (secondary N) is 1. The van der Waals surface area contributed by atoms with E-state index < -0.39 is 11.8 Å². The van der Waals surface area contributed by atoms with Crippen LogP contribution in [-0.4, -0.2) is 54.3 Å². The minimum Gasteiger partial charge on any atom is -0.344 e. The minimum atomic E-state index is -0.513. The maximum Gasteiger partial charge on any atom is 0.311 e. The van der Waals surface area contributed by atoms with Crippen LogP contribution < -0.4 is 5.32 Å². The average molecular weight is 289 g/mol. The normalized spacial score (nSPS) is 15.8. The number of aryl methyl sites for hydroxylation is 1. The number of likely N-dealkylation sites (N-methyl/N-ethyl adjacent to an activating group) is 1. The largest absolute Gasteiger partial charge is 0.344 e. The summed E-state index contributed by atoms with van der Waals surface area (Å²) >= 11 is 0. The van der Waals surface area contributed by atoms with Crippen LogP contribution in [0.4, 0.5) is 0 Å². The van der Waals surface area contributed by atoms with E-state index in [2.05, 4.69) is 17.1 Å². The Balaban J connectivity index is 1.82. The highest BCUT2D eigenvalue weighted by molar-refractivity contribution is 6.34. The van der Waals surface area contributed by atoms with Crippen LogP contribution in [0.1, 0.15) is 18.1 Å². The fourth-order valence-corrected chi connectivity index (χ4v) is 2.49. The standard InChI is InChI=1S/C16H23N3O2/c1-3-18-7-9-19(10-8-18)16(21)15(20)17-12-14-6-4-5-13(2)11-14/h4-6,11H,3,7-10,12H2,1-2H3,(H,17,20). The van der Waals surface area contributed by atoms with Gasteiger partial charge in [-0.1, -0.05) is 36.8 Å². The van der Waals surface area contributed by atoms with Crippen LogP contribution in [0.15, 0.2) is 24.3 Å². The van der Waals surface area contributed by atoms with Crippen molar-refractivity contribution in [3.05, 3.63) is 35.4 Å². The third-order valence-corrected chi connectivity index (χ3v) is 3.84. The lowest BCUT2D eigenvalue weighted by Crippen LogP contribution is -2.52. The molecule has 1 aliphatic heterocycles. The summed E-state index contributed by atoms with van der Waals surface area (Å²) in [5, 5.41) is 2.70. The minimum absolute atomic E-state index is 0.390. The smallest absolute Gasteiger partial charge is 0.311 e. The zero-order chi connectivity index (χ0) is 15.2. The molecule has 0 saturated carbocycles. The van der Waals surface area contributed by atoms with E-state index in [1.54, 1.807) is 4.90 Å². The molecule has 1 aromatic carbocycles. The van der Waals surface area contributed by atoms with Gasteiger partial charge in [-0.3, -0.25) is 9.59 Å². The predicted octanol–water partition coefficient (Wildman–Crippen LogP) is 0.775. The number of hydrogen-bond donors (Lipinski definition) is 1. The van der Waals surface area contributed by atoms with Crippen LogP contribution in [0.3, 0.4) is 0 Å². The Morgan fingerprint density at radius 1 is 1.19 bits per heavy atom. The molecule has 1 heterocycles. The molecule has 0 aliphatic carbocycles. The number of carbonyl (C=O) groups is 2. The molecule has 5 heteroatoms. The Labute approximate surface area is 125 Å². The zero-order valence-electron chi connectivity index (χ0n) is 12.8. The van der Waals surface area contributed by atoms with Gasteiger partial charge in [-0.25, -0.2) is 0 Å². The van der Waals surface area contributed by atoms with Crippen molar-refractivity contribution in [3.63, 3.8) is 0 Å². The van der Waals surface area contributed by atoms with Gasteiger partial charge in [0.2, 0.25) is 0 Å². The van der Waals surface area contributed by atoms with Gasteiger partial charge >= 0.3 is 11.8 Å². The van der Waals surface area contributed by atoms with Crippen molar-refractivity contribution in [1.82, 2.24) is 15.1 Å². The fraction of sp³-hybridized carbons (Fsp3) is 0.500. The van der Waals surface area contributed by atoms with Crippen LogP contribution in [0.2, 0.25) is 0 Å². The maximum atomic E-state index is 12.1. The summed E-state index contributed by atoms with van der Waals surface area (Å²) in [4.78, 5) is 27.9. The van der Waals surface area contributed by atoms with Gasteiger partial charge in [-0.2, -0.15) is 0 Å². The number of carbonyl (C=O) groups excluding carboxylic acids is 2. The molecule has 0 spiro atoms. The van der Waals surface area contributed by atoms with Gasteiger partial charge in [-0.05, 0) is 19.0 Å². The molecule has 2 amide bonds. The fourth-order valence-electron chi connectivity index (χ4n) is 2.49. The van der Waals surface area contributed by atoms with Gasteiger partial charge in [0, 0.05) is 32.7 Å². The third-order valence-electron chi connectivity index (χ3n) is 3.84. The number of nitrogens with zero attached hydrogens (tertiary/aromatic N) is 2. The predicted molar refractivity (Wildman–Crippen MR) is 81.7 cm³/mol. The molecule has 1 aromatic rings. The third kappa shape index (κ3) is 4.29. The Bertz CT molecular complexity index is 508. The second kappa shape index (κ2) is 7.22. The van der Waals surface area contributed by atoms with Crippen LogP contribution in [-0.2, 0) is 16.1 Å². The molecule has 114 valence electrons. The summed E-state index contributed by atoms with van der Waals surface area (Å²) in [5.41, 5.74) is 2.15. The van der Waals surface area contributed by atoms with Crippen molar-refractivity contribution in [1.29, 1.82) is 0 Å². The molecule has 1 saturated heterocycles. The highest BCUT2D eigenvalue weighted by atomic mass is 16.2. The Morgan fingerprint density at radius 3 is 2.52 bits per heavy atom. The lowest BCUT2D eigenvalue weighted by atomic mass is 10.1. The second-order valence-corrected chi connectivity index (χ2v) is 5.40. The van der Waals surface area contributed by atoms with E-state index in [4.69, 9.17) is 0 Å². The van der Waals surface area contributed by atoms with Crippen LogP contribution >= 0.6 is 0 Å². The maximum absolute atomic E-state index is 12.1. The van der Waals surface area contributed by atoms with E-state index in [9.17, 15) is 9.59 Å². The zero-order valence-corrected chi connectivity index (χ0v) is 12.8. The summed E-state index contributed by atoms with van der Waals surface area (Å²) in [6, 6.07) is 7.90. The molecule has 2 rings (SSSR count). The van der Waals surface area contributed by atoms with E-state index >= 15 is 0 Å². The van der Waals surface area contributed by atoms with E-state index in [-0.39, 0.29) is 0 Å². The van der Waals surface area contributed by atoms with Crippen LogP contribution in [0.5, 0.6) is 0 Å². The first kappa shape index (κ1) is 15.5.